The minimum absolute atomic E-state index is 0.00957. The Balaban J connectivity index is 1.48. The van der Waals surface area contributed by atoms with Crippen molar-refractivity contribution in [2.75, 3.05) is 40.6 Å². The average molecular weight is 789 g/mol. The Morgan fingerprint density at radius 3 is 2.09 bits per heavy atom. The molecular weight excluding hydrogens is 735 g/mol. The number of benzene rings is 3. The van der Waals surface area contributed by atoms with E-state index in [0.717, 1.165) is 16.7 Å². The molecule has 6 atom stereocenters. The van der Waals surface area contributed by atoms with Crippen molar-refractivity contribution in [3.8, 4) is 17.6 Å². The molecule has 0 aromatic heterocycles. The van der Waals surface area contributed by atoms with Crippen molar-refractivity contribution in [3.63, 3.8) is 0 Å². The Morgan fingerprint density at radius 1 is 0.946 bits per heavy atom. The summed E-state index contributed by atoms with van der Waals surface area (Å²) in [6, 6.07) is 27.3. The van der Waals surface area contributed by atoms with Gasteiger partial charge in [-0.2, -0.15) is 5.26 Å². The van der Waals surface area contributed by atoms with Gasteiger partial charge in [-0.15, -0.1) is 0 Å². The van der Waals surface area contributed by atoms with Crippen LogP contribution in [0.5, 0.6) is 11.5 Å². The van der Waals surface area contributed by atoms with Gasteiger partial charge in [0.1, 0.15) is 34.9 Å². The topological polar surface area (TPSA) is 141 Å². The number of hydrogen-bond donors (Lipinski definition) is 1. The second kappa shape index (κ2) is 18.0. The maximum atomic E-state index is 13.5. The summed E-state index contributed by atoms with van der Waals surface area (Å²) >= 11 is 0. The first kappa shape index (κ1) is 41.5. The highest BCUT2D eigenvalue weighted by Crippen LogP contribution is 2.54. The highest BCUT2D eigenvalue weighted by atomic mass is 31.2. The van der Waals surface area contributed by atoms with Crippen LogP contribution >= 0.6 is 8.53 Å². The molecule has 1 N–H and O–H groups in total. The zero-order valence-corrected chi connectivity index (χ0v) is 34.1. The summed E-state index contributed by atoms with van der Waals surface area (Å²) in [4.78, 5) is 27.6. The van der Waals surface area contributed by atoms with E-state index in [4.69, 9.17) is 32.7 Å². The van der Waals surface area contributed by atoms with Crippen molar-refractivity contribution in [2.24, 2.45) is 5.92 Å². The molecule has 2 bridgehead atoms. The third kappa shape index (κ3) is 8.29. The van der Waals surface area contributed by atoms with E-state index >= 15 is 0 Å². The number of carbonyl (C=O) groups excluding carboxylic acids is 2. The Hall–Kier alpha value is -4.12. The molecule has 0 aliphatic carbocycles. The van der Waals surface area contributed by atoms with E-state index in [1.54, 1.807) is 21.1 Å². The second-order valence-electron chi connectivity index (χ2n) is 14.9. The minimum Gasteiger partial charge on any atom is -0.497 e. The molecule has 2 unspecified atom stereocenters. The van der Waals surface area contributed by atoms with Gasteiger partial charge in [-0.25, -0.2) is 9.46 Å². The van der Waals surface area contributed by atoms with Gasteiger partial charge in [0.2, 0.25) is 5.91 Å². The quantitative estimate of drug-likeness (QED) is 0.0883. The number of rotatable bonds is 17. The lowest BCUT2D eigenvalue weighted by Crippen LogP contribution is -2.60. The largest absolute Gasteiger partial charge is 0.497 e. The molecule has 56 heavy (non-hydrogen) atoms. The van der Waals surface area contributed by atoms with Crippen LogP contribution in [0.4, 0.5) is 4.79 Å². The van der Waals surface area contributed by atoms with E-state index in [0.29, 0.717) is 24.5 Å². The molecule has 3 saturated heterocycles. The number of methoxy groups -OCH3 is 2. The molecule has 3 aromatic carbocycles. The van der Waals surface area contributed by atoms with Crippen LogP contribution in [-0.4, -0.2) is 98.2 Å². The molecule has 3 heterocycles. The number of fused-ring (bicyclic) bond motifs is 2. The molecule has 3 aliphatic rings. The number of amides is 3. The molecule has 3 aliphatic heterocycles. The summed E-state index contributed by atoms with van der Waals surface area (Å²) < 4.78 is 47.8. The monoisotopic (exact) mass is 788 g/mol. The summed E-state index contributed by atoms with van der Waals surface area (Å²) in [5.74, 6) is 0.584. The van der Waals surface area contributed by atoms with Crippen molar-refractivity contribution in [2.45, 2.75) is 89.2 Å². The molecule has 0 radical (unpaired) electrons. The predicted octanol–water partition coefficient (Wildman–Crippen LogP) is 6.75. The van der Waals surface area contributed by atoms with Gasteiger partial charge in [0.05, 0.1) is 52.4 Å². The SMILES string of the molecule is COc1ccc(C(OC[C@@]23CCO[C@@H]([C@H](N4CC(C)C(=O)NC4=O)O2)[C@@H]3OP(OCCC#N)N(C(C)C)C(C)C)(c2ccccc2)c2ccc(OC)cc2)cc1. The maximum absolute atomic E-state index is 13.5. The molecular formula is C42H53N4O9P. The van der Waals surface area contributed by atoms with E-state index in [9.17, 15) is 14.9 Å². The Morgan fingerprint density at radius 2 is 1.54 bits per heavy atom. The number of nitrogens with one attached hydrogen (secondary N) is 1. The number of hydrogen-bond acceptors (Lipinski definition) is 11. The summed E-state index contributed by atoms with van der Waals surface area (Å²) in [6.07, 6.45) is -1.88. The zero-order valence-electron chi connectivity index (χ0n) is 33.2. The second-order valence-corrected chi connectivity index (χ2v) is 16.3. The normalized spacial score (nSPS) is 24.3. The summed E-state index contributed by atoms with van der Waals surface area (Å²) in [5, 5.41) is 11.9. The molecule has 3 fully saturated rings. The highest BCUT2D eigenvalue weighted by molar-refractivity contribution is 7.44. The van der Waals surface area contributed by atoms with E-state index in [-0.39, 0.29) is 44.2 Å². The Labute approximate surface area is 331 Å². The summed E-state index contributed by atoms with van der Waals surface area (Å²) in [5.41, 5.74) is 0.233. The summed E-state index contributed by atoms with van der Waals surface area (Å²) in [6.45, 7) is 10.7. The molecule has 3 aromatic rings. The standard InChI is InChI=1S/C42H53N4O9P/c1-28(2)46(29(3)4)56(53-24-11-23-43)55-37-36-39(45-26-30(5)38(47)44-40(45)48)54-41(37,22-25-51-36)27-52-42(31-12-9-8-10-13-31,32-14-18-34(49-6)19-15-32)33-16-20-35(50-7)21-17-33/h8-10,12-21,28-30,36-37,39H,11,22,24-27H2,1-7H3,(H,44,47,48)/t30?,36-,37+,39-,41-,56?/m1/s1. The van der Waals surface area contributed by atoms with E-state index < -0.39 is 50.1 Å². The van der Waals surface area contributed by atoms with Crippen molar-refractivity contribution in [1.29, 1.82) is 5.26 Å². The Kier molecular flexibility index (Phi) is 13.3. The first-order valence-corrected chi connectivity index (χ1v) is 20.3. The van der Waals surface area contributed by atoms with Crippen LogP contribution in [0.1, 0.15) is 64.2 Å². The summed E-state index contributed by atoms with van der Waals surface area (Å²) in [7, 11) is 1.50. The van der Waals surface area contributed by atoms with Gasteiger partial charge < -0.3 is 32.7 Å². The number of imide groups is 1. The van der Waals surface area contributed by atoms with E-state index in [2.05, 4.69) is 43.8 Å². The molecule has 300 valence electrons. The number of urea groups is 1. The van der Waals surface area contributed by atoms with Crippen LogP contribution in [0.25, 0.3) is 0 Å². The van der Waals surface area contributed by atoms with Gasteiger partial charge in [-0.1, -0.05) is 61.5 Å². The minimum atomic E-state index is -1.76. The van der Waals surface area contributed by atoms with Crippen LogP contribution < -0.4 is 14.8 Å². The fourth-order valence-corrected chi connectivity index (χ4v) is 9.64. The van der Waals surface area contributed by atoms with Crippen LogP contribution in [0.15, 0.2) is 78.9 Å². The van der Waals surface area contributed by atoms with Gasteiger partial charge in [-0.05, 0) is 68.7 Å². The third-order valence-electron chi connectivity index (χ3n) is 10.6. The van der Waals surface area contributed by atoms with Crippen molar-refractivity contribution in [1.82, 2.24) is 14.9 Å². The molecule has 14 heteroatoms. The van der Waals surface area contributed by atoms with Crippen LogP contribution in [-0.2, 0) is 33.7 Å². The smallest absolute Gasteiger partial charge is 0.326 e. The van der Waals surface area contributed by atoms with E-state index in [1.807, 2.05) is 78.9 Å². The van der Waals surface area contributed by atoms with Gasteiger partial charge in [-0.3, -0.25) is 15.0 Å². The number of carbonyl (C=O) groups is 2. The molecule has 0 saturated carbocycles. The van der Waals surface area contributed by atoms with Gasteiger partial charge in [0, 0.05) is 25.0 Å². The average Bonchev–Trinajstić information content (AvgIpc) is 3.35. The lowest BCUT2D eigenvalue weighted by molar-refractivity contribution is -0.172. The van der Waals surface area contributed by atoms with Gasteiger partial charge >= 0.3 is 6.03 Å². The number of ether oxygens (including phenoxy) is 5. The maximum Gasteiger partial charge on any atom is 0.326 e. The van der Waals surface area contributed by atoms with Crippen molar-refractivity contribution >= 4 is 20.5 Å². The van der Waals surface area contributed by atoms with Gasteiger partial charge in [0.15, 0.2) is 6.23 Å². The lowest BCUT2D eigenvalue weighted by atomic mass is 9.79. The van der Waals surface area contributed by atoms with E-state index in [1.165, 1.54) is 4.90 Å². The van der Waals surface area contributed by atoms with Crippen LogP contribution in [0.3, 0.4) is 0 Å². The third-order valence-corrected chi connectivity index (χ3v) is 12.7. The molecule has 6 rings (SSSR count). The van der Waals surface area contributed by atoms with Crippen molar-refractivity contribution < 1.29 is 42.3 Å². The first-order valence-electron chi connectivity index (χ1n) is 19.1. The van der Waals surface area contributed by atoms with Crippen LogP contribution in [0, 0.1) is 17.2 Å². The lowest BCUT2D eigenvalue weighted by Gasteiger charge is -2.45. The molecule has 0 spiro atoms. The molecule has 13 nitrogen and oxygen atoms in total. The van der Waals surface area contributed by atoms with Crippen LogP contribution in [0.2, 0.25) is 0 Å². The van der Waals surface area contributed by atoms with Crippen molar-refractivity contribution in [3.05, 3.63) is 95.6 Å². The number of nitriles is 1. The fourth-order valence-electron chi connectivity index (χ4n) is 7.82. The Bertz CT molecular complexity index is 1770. The highest BCUT2D eigenvalue weighted by Gasteiger charge is 2.64. The first-order chi connectivity index (χ1) is 27.0. The van der Waals surface area contributed by atoms with Gasteiger partial charge in [0.25, 0.3) is 8.53 Å². The fraction of sp³-hybridized carbons (Fsp3) is 0.500. The molecule has 3 amide bonds. The predicted molar refractivity (Wildman–Crippen MR) is 210 cm³/mol. The number of nitrogens with zero attached hydrogens (tertiary/aromatic N) is 3. The zero-order chi connectivity index (χ0) is 40.0.